The Labute approximate surface area is 175 Å². The van der Waals surface area contributed by atoms with Crippen LogP contribution in [-0.2, 0) is 15.6 Å². The molecule has 0 saturated carbocycles. The second-order valence-electron chi connectivity index (χ2n) is 10.2. The summed E-state index contributed by atoms with van der Waals surface area (Å²) in [6.07, 6.45) is 1.88. The number of hydrogen-bond acceptors (Lipinski definition) is 4. The predicted molar refractivity (Wildman–Crippen MR) is 119 cm³/mol. The van der Waals surface area contributed by atoms with Crippen LogP contribution in [0, 0.1) is 6.92 Å². The number of benzene rings is 1. The van der Waals surface area contributed by atoms with E-state index in [2.05, 4.69) is 71.6 Å². The van der Waals surface area contributed by atoms with Crippen molar-refractivity contribution in [3.63, 3.8) is 0 Å². The van der Waals surface area contributed by atoms with Crippen LogP contribution in [0.5, 0.6) is 5.75 Å². The van der Waals surface area contributed by atoms with E-state index < -0.39 is 0 Å². The normalized spacial score (nSPS) is 17.3. The van der Waals surface area contributed by atoms with Crippen molar-refractivity contribution < 1.29 is 9.84 Å². The van der Waals surface area contributed by atoms with Gasteiger partial charge in [-0.2, -0.15) is 0 Å². The van der Waals surface area contributed by atoms with Crippen LogP contribution in [0.25, 0.3) is 0 Å². The van der Waals surface area contributed by atoms with Crippen molar-refractivity contribution in [2.24, 2.45) is 0 Å². The largest absolute Gasteiger partial charge is 0.507 e. The Kier molecular flexibility index (Phi) is 6.07. The van der Waals surface area contributed by atoms with Crippen molar-refractivity contribution in [1.29, 1.82) is 0 Å². The molecule has 1 N–H and O–H groups in total. The SMILES string of the molecule is Cc1cccnc1C(c1cc(C(C)(C)C)c(O)c(C(C)(C)C)c1)N1CCOCC1. The van der Waals surface area contributed by atoms with Gasteiger partial charge >= 0.3 is 0 Å². The molecule has 158 valence electrons. The zero-order chi connectivity index (χ0) is 21.4. The first-order valence-electron chi connectivity index (χ1n) is 10.6. The van der Waals surface area contributed by atoms with Crippen LogP contribution >= 0.6 is 0 Å². The average Bonchev–Trinajstić information content (AvgIpc) is 2.63. The van der Waals surface area contributed by atoms with Crippen molar-refractivity contribution in [3.8, 4) is 5.75 Å². The topological polar surface area (TPSA) is 45.6 Å². The van der Waals surface area contributed by atoms with E-state index in [1.165, 1.54) is 11.1 Å². The first kappa shape index (κ1) is 21.8. The van der Waals surface area contributed by atoms with E-state index in [0.717, 1.165) is 43.1 Å². The molecule has 1 aliphatic rings. The summed E-state index contributed by atoms with van der Waals surface area (Å²) >= 11 is 0. The molecule has 1 fully saturated rings. The van der Waals surface area contributed by atoms with Gasteiger partial charge in [-0.25, -0.2) is 0 Å². The molecule has 4 heteroatoms. The van der Waals surface area contributed by atoms with Gasteiger partial charge in [-0.3, -0.25) is 9.88 Å². The second-order valence-corrected chi connectivity index (χ2v) is 10.2. The van der Waals surface area contributed by atoms with Crippen LogP contribution in [-0.4, -0.2) is 41.3 Å². The number of aromatic nitrogens is 1. The average molecular weight is 397 g/mol. The lowest BCUT2D eigenvalue weighted by atomic mass is 9.77. The monoisotopic (exact) mass is 396 g/mol. The number of hydrogen-bond donors (Lipinski definition) is 1. The minimum Gasteiger partial charge on any atom is -0.507 e. The van der Waals surface area contributed by atoms with Gasteiger partial charge in [0.1, 0.15) is 5.75 Å². The zero-order valence-electron chi connectivity index (χ0n) is 19.0. The Morgan fingerprint density at radius 2 is 1.55 bits per heavy atom. The Bertz CT molecular complexity index is 821. The Balaban J connectivity index is 2.26. The van der Waals surface area contributed by atoms with Crippen LogP contribution in [0.15, 0.2) is 30.5 Å². The zero-order valence-corrected chi connectivity index (χ0v) is 19.0. The van der Waals surface area contributed by atoms with E-state index in [1.54, 1.807) is 0 Å². The number of aryl methyl sites for hydroxylation is 1. The first-order chi connectivity index (χ1) is 13.5. The molecular weight excluding hydrogens is 360 g/mol. The highest BCUT2D eigenvalue weighted by atomic mass is 16.5. The number of aromatic hydroxyl groups is 1. The summed E-state index contributed by atoms with van der Waals surface area (Å²) < 4.78 is 5.62. The first-order valence-corrected chi connectivity index (χ1v) is 10.6. The van der Waals surface area contributed by atoms with Crippen molar-refractivity contribution in [3.05, 3.63) is 58.4 Å². The molecule has 0 spiro atoms. The highest BCUT2D eigenvalue weighted by Crippen LogP contribution is 2.43. The Morgan fingerprint density at radius 3 is 2.03 bits per heavy atom. The molecule has 1 atom stereocenters. The van der Waals surface area contributed by atoms with E-state index in [1.807, 2.05) is 12.3 Å². The molecule has 2 heterocycles. The number of ether oxygens (including phenoxy) is 1. The standard InChI is InChI=1S/C25H36N2O2/c1-17-9-8-10-26-21(17)22(27-11-13-29-14-12-27)18-15-19(24(2,3)4)23(28)20(16-18)25(5,6)7/h8-10,15-16,22,28H,11-14H2,1-7H3. The van der Waals surface area contributed by atoms with Gasteiger partial charge < -0.3 is 9.84 Å². The van der Waals surface area contributed by atoms with Gasteiger partial charge in [0, 0.05) is 19.3 Å². The molecule has 1 unspecified atom stereocenters. The lowest BCUT2D eigenvalue weighted by Crippen LogP contribution is -2.40. The summed E-state index contributed by atoms with van der Waals surface area (Å²) in [5, 5.41) is 11.2. The summed E-state index contributed by atoms with van der Waals surface area (Å²) in [5.41, 5.74) is 5.13. The van der Waals surface area contributed by atoms with Crippen LogP contribution in [0.1, 0.15) is 75.5 Å². The summed E-state index contributed by atoms with van der Waals surface area (Å²) in [6, 6.07) is 8.55. The second kappa shape index (κ2) is 8.08. The molecule has 1 saturated heterocycles. The van der Waals surface area contributed by atoms with E-state index >= 15 is 0 Å². The smallest absolute Gasteiger partial charge is 0.123 e. The summed E-state index contributed by atoms with van der Waals surface area (Å²) in [7, 11) is 0. The van der Waals surface area contributed by atoms with Crippen LogP contribution in [0.2, 0.25) is 0 Å². The molecule has 1 aromatic carbocycles. The minimum atomic E-state index is -0.158. The fourth-order valence-electron chi connectivity index (χ4n) is 4.12. The molecule has 2 aromatic rings. The van der Waals surface area contributed by atoms with Gasteiger partial charge in [0.25, 0.3) is 0 Å². The number of morpholine rings is 1. The number of phenols is 1. The highest BCUT2D eigenvalue weighted by Gasteiger charge is 2.32. The lowest BCUT2D eigenvalue weighted by molar-refractivity contribution is 0.0230. The van der Waals surface area contributed by atoms with Crippen molar-refractivity contribution >= 4 is 0 Å². The van der Waals surface area contributed by atoms with Crippen molar-refractivity contribution in [1.82, 2.24) is 9.88 Å². The van der Waals surface area contributed by atoms with Gasteiger partial charge in [-0.15, -0.1) is 0 Å². The maximum absolute atomic E-state index is 11.2. The molecule has 4 nitrogen and oxygen atoms in total. The summed E-state index contributed by atoms with van der Waals surface area (Å²) in [4.78, 5) is 7.25. The third-order valence-electron chi connectivity index (χ3n) is 5.78. The van der Waals surface area contributed by atoms with Gasteiger partial charge in [-0.1, -0.05) is 47.6 Å². The molecule has 29 heavy (non-hydrogen) atoms. The third kappa shape index (κ3) is 4.65. The fourth-order valence-corrected chi connectivity index (χ4v) is 4.12. The summed E-state index contributed by atoms with van der Waals surface area (Å²) in [6.45, 7) is 18.3. The maximum atomic E-state index is 11.2. The molecule has 0 amide bonds. The van der Waals surface area contributed by atoms with Gasteiger partial charge in [-0.05, 0) is 58.2 Å². The van der Waals surface area contributed by atoms with Crippen molar-refractivity contribution in [2.45, 2.75) is 65.3 Å². The number of phenolic OH excluding ortho intramolecular Hbond substituents is 1. The predicted octanol–water partition coefficient (Wildman–Crippen LogP) is 5.11. The van der Waals surface area contributed by atoms with Crippen LogP contribution in [0.3, 0.4) is 0 Å². The Hall–Kier alpha value is -1.91. The van der Waals surface area contributed by atoms with E-state index in [4.69, 9.17) is 9.72 Å². The van der Waals surface area contributed by atoms with Gasteiger partial charge in [0.15, 0.2) is 0 Å². The van der Waals surface area contributed by atoms with E-state index in [-0.39, 0.29) is 16.9 Å². The molecular formula is C25H36N2O2. The van der Waals surface area contributed by atoms with Crippen LogP contribution in [0.4, 0.5) is 0 Å². The fraction of sp³-hybridized carbons (Fsp3) is 0.560. The minimum absolute atomic E-state index is 0.0444. The van der Waals surface area contributed by atoms with E-state index in [0.29, 0.717) is 5.75 Å². The number of rotatable bonds is 3. The molecule has 0 aliphatic carbocycles. The highest BCUT2D eigenvalue weighted by molar-refractivity contribution is 5.52. The summed E-state index contributed by atoms with van der Waals surface area (Å²) in [5.74, 6) is 0.423. The van der Waals surface area contributed by atoms with Gasteiger partial charge in [0.05, 0.1) is 24.9 Å². The number of nitrogens with zero attached hydrogens (tertiary/aromatic N) is 2. The Morgan fingerprint density at radius 1 is 1.00 bits per heavy atom. The lowest BCUT2D eigenvalue weighted by Gasteiger charge is -2.37. The molecule has 1 aromatic heterocycles. The molecule has 3 rings (SSSR count). The van der Waals surface area contributed by atoms with E-state index in [9.17, 15) is 5.11 Å². The van der Waals surface area contributed by atoms with Crippen molar-refractivity contribution in [2.75, 3.05) is 26.3 Å². The maximum Gasteiger partial charge on any atom is 0.123 e. The quantitative estimate of drug-likeness (QED) is 0.783. The third-order valence-corrected chi connectivity index (χ3v) is 5.78. The molecule has 0 bridgehead atoms. The molecule has 0 radical (unpaired) electrons. The van der Waals surface area contributed by atoms with Crippen LogP contribution < -0.4 is 0 Å². The molecule has 1 aliphatic heterocycles. The van der Waals surface area contributed by atoms with Gasteiger partial charge in [0.2, 0.25) is 0 Å². The number of pyridine rings is 1.